The third-order valence-corrected chi connectivity index (χ3v) is 1.45. The van der Waals surface area contributed by atoms with Gasteiger partial charge >= 0.3 is 6.03 Å². The standard InChI is InChI=1S/C7H12N4O2/c1-2-5-10-11-6(13-5)3-4-9-7(8)12/h2-4H2,1H3,(H3,8,9,12). The lowest BCUT2D eigenvalue weighted by Crippen LogP contribution is -2.30. The van der Waals surface area contributed by atoms with Crippen molar-refractivity contribution in [1.29, 1.82) is 0 Å². The van der Waals surface area contributed by atoms with Gasteiger partial charge in [-0.3, -0.25) is 0 Å². The Morgan fingerprint density at radius 3 is 2.77 bits per heavy atom. The normalized spacial score (nSPS) is 9.92. The Balaban J connectivity index is 2.32. The summed E-state index contributed by atoms with van der Waals surface area (Å²) in [4.78, 5) is 10.3. The molecule has 0 atom stereocenters. The molecule has 0 saturated carbocycles. The lowest BCUT2D eigenvalue weighted by Gasteiger charge is -1.96. The third kappa shape index (κ3) is 3.10. The molecule has 1 aromatic rings. The molecule has 72 valence electrons. The van der Waals surface area contributed by atoms with Gasteiger partial charge in [0.05, 0.1) is 0 Å². The van der Waals surface area contributed by atoms with E-state index in [9.17, 15) is 4.79 Å². The number of nitrogens with two attached hydrogens (primary N) is 1. The number of carbonyl (C=O) groups excluding carboxylic acids is 1. The van der Waals surface area contributed by atoms with Crippen molar-refractivity contribution in [3.8, 4) is 0 Å². The van der Waals surface area contributed by atoms with Gasteiger partial charge < -0.3 is 15.5 Å². The van der Waals surface area contributed by atoms with E-state index in [4.69, 9.17) is 10.2 Å². The summed E-state index contributed by atoms with van der Waals surface area (Å²) in [5.41, 5.74) is 4.87. The monoisotopic (exact) mass is 184 g/mol. The van der Waals surface area contributed by atoms with Gasteiger partial charge in [-0.05, 0) is 0 Å². The van der Waals surface area contributed by atoms with E-state index in [1.165, 1.54) is 0 Å². The van der Waals surface area contributed by atoms with Crippen molar-refractivity contribution in [3.05, 3.63) is 11.8 Å². The molecule has 1 heterocycles. The van der Waals surface area contributed by atoms with E-state index in [0.717, 1.165) is 6.42 Å². The van der Waals surface area contributed by atoms with Gasteiger partial charge in [-0.1, -0.05) is 6.92 Å². The average molecular weight is 184 g/mol. The third-order valence-electron chi connectivity index (χ3n) is 1.45. The zero-order valence-corrected chi connectivity index (χ0v) is 7.41. The Labute approximate surface area is 75.5 Å². The Hall–Kier alpha value is -1.59. The molecular weight excluding hydrogens is 172 g/mol. The van der Waals surface area contributed by atoms with Crippen LogP contribution >= 0.6 is 0 Å². The highest BCUT2D eigenvalue weighted by Crippen LogP contribution is 1.99. The lowest BCUT2D eigenvalue weighted by molar-refractivity contribution is 0.249. The highest BCUT2D eigenvalue weighted by atomic mass is 16.4. The van der Waals surface area contributed by atoms with Gasteiger partial charge in [0.2, 0.25) is 11.8 Å². The zero-order valence-electron chi connectivity index (χ0n) is 7.41. The maximum absolute atomic E-state index is 10.3. The molecule has 6 heteroatoms. The first-order valence-electron chi connectivity index (χ1n) is 4.07. The number of nitrogens with one attached hydrogen (secondary N) is 1. The number of rotatable bonds is 4. The second kappa shape index (κ2) is 4.44. The number of carbonyl (C=O) groups is 1. The molecule has 0 fully saturated rings. The summed E-state index contributed by atoms with van der Waals surface area (Å²) in [5.74, 6) is 1.12. The summed E-state index contributed by atoms with van der Waals surface area (Å²) in [6.45, 7) is 2.35. The minimum Gasteiger partial charge on any atom is -0.425 e. The first-order chi connectivity index (χ1) is 6.22. The largest absolute Gasteiger partial charge is 0.425 e. The van der Waals surface area contributed by atoms with Crippen molar-refractivity contribution in [1.82, 2.24) is 15.5 Å². The highest BCUT2D eigenvalue weighted by Gasteiger charge is 2.03. The number of hydrogen-bond donors (Lipinski definition) is 2. The van der Waals surface area contributed by atoms with E-state index in [1.54, 1.807) is 0 Å². The van der Waals surface area contributed by atoms with Crippen LogP contribution in [-0.2, 0) is 12.8 Å². The first-order valence-corrected chi connectivity index (χ1v) is 4.07. The molecule has 6 nitrogen and oxygen atoms in total. The molecule has 0 aromatic carbocycles. The Kier molecular flexibility index (Phi) is 3.24. The Bertz CT molecular complexity index is 284. The topological polar surface area (TPSA) is 94.0 Å². The summed E-state index contributed by atoms with van der Waals surface area (Å²) < 4.78 is 5.20. The molecule has 2 amide bonds. The SMILES string of the molecule is CCc1nnc(CCNC(N)=O)o1. The molecular formula is C7H12N4O2. The predicted octanol–water partition coefficient (Wildman–Crippen LogP) is -0.157. The van der Waals surface area contributed by atoms with Crippen molar-refractivity contribution < 1.29 is 9.21 Å². The zero-order chi connectivity index (χ0) is 9.68. The fraction of sp³-hybridized carbons (Fsp3) is 0.571. The highest BCUT2D eigenvalue weighted by molar-refractivity contribution is 5.71. The van der Waals surface area contributed by atoms with Crippen molar-refractivity contribution in [3.63, 3.8) is 0 Å². The van der Waals surface area contributed by atoms with Gasteiger partial charge in [-0.2, -0.15) is 0 Å². The van der Waals surface area contributed by atoms with Gasteiger partial charge in [0, 0.05) is 19.4 Å². The molecule has 0 aliphatic heterocycles. The second-order valence-electron chi connectivity index (χ2n) is 2.48. The molecule has 0 radical (unpaired) electrons. The summed E-state index contributed by atoms with van der Waals surface area (Å²) in [5, 5.41) is 9.98. The van der Waals surface area contributed by atoms with Crippen LogP contribution in [0.15, 0.2) is 4.42 Å². The molecule has 1 aromatic heterocycles. The van der Waals surface area contributed by atoms with Crippen molar-refractivity contribution in [2.45, 2.75) is 19.8 Å². The molecule has 0 aliphatic carbocycles. The molecule has 0 aliphatic rings. The van der Waals surface area contributed by atoms with Crippen LogP contribution in [0.1, 0.15) is 18.7 Å². The van der Waals surface area contributed by atoms with E-state index in [-0.39, 0.29) is 0 Å². The van der Waals surface area contributed by atoms with Crippen LogP contribution in [0.3, 0.4) is 0 Å². The van der Waals surface area contributed by atoms with Crippen LogP contribution in [0.25, 0.3) is 0 Å². The number of urea groups is 1. The molecule has 0 bridgehead atoms. The van der Waals surface area contributed by atoms with E-state index in [2.05, 4.69) is 15.5 Å². The average Bonchev–Trinajstić information content (AvgIpc) is 2.52. The van der Waals surface area contributed by atoms with Crippen LogP contribution in [0.5, 0.6) is 0 Å². The number of nitrogens with zero attached hydrogens (tertiary/aromatic N) is 2. The summed E-state index contributed by atoms with van der Waals surface area (Å²) in [6, 6.07) is -0.546. The van der Waals surface area contributed by atoms with Gasteiger partial charge in [-0.25, -0.2) is 4.79 Å². The maximum Gasteiger partial charge on any atom is 0.312 e. The maximum atomic E-state index is 10.3. The lowest BCUT2D eigenvalue weighted by atomic mass is 10.4. The quantitative estimate of drug-likeness (QED) is 0.680. The fourth-order valence-corrected chi connectivity index (χ4v) is 0.825. The van der Waals surface area contributed by atoms with Crippen LogP contribution in [-0.4, -0.2) is 22.8 Å². The number of hydrogen-bond acceptors (Lipinski definition) is 4. The minimum atomic E-state index is -0.546. The molecule has 3 N–H and O–H groups in total. The molecule has 0 spiro atoms. The van der Waals surface area contributed by atoms with E-state index in [0.29, 0.717) is 24.7 Å². The molecule has 0 saturated heterocycles. The van der Waals surface area contributed by atoms with E-state index in [1.807, 2.05) is 6.92 Å². The number of primary amides is 1. The number of aromatic nitrogens is 2. The van der Waals surface area contributed by atoms with Gasteiger partial charge in [0.1, 0.15) is 0 Å². The van der Waals surface area contributed by atoms with Gasteiger partial charge in [-0.15, -0.1) is 10.2 Å². The van der Waals surface area contributed by atoms with Gasteiger partial charge in [0.25, 0.3) is 0 Å². The summed E-state index contributed by atoms with van der Waals surface area (Å²) >= 11 is 0. The summed E-state index contributed by atoms with van der Waals surface area (Å²) in [7, 11) is 0. The number of amides is 2. The molecule has 0 unspecified atom stereocenters. The van der Waals surface area contributed by atoms with E-state index >= 15 is 0 Å². The smallest absolute Gasteiger partial charge is 0.312 e. The van der Waals surface area contributed by atoms with Crippen molar-refractivity contribution >= 4 is 6.03 Å². The number of aryl methyl sites for hydroxylation is 1. The Morgan fingerprint density at radius 2 is 2.23 bits per heavy atom. The molecule has 1 rings (SSSR count). The van der Waals surface area contributed by atoms with Crippen molar-refractivity contribution in [2.24, 2.45) is 5.73 Å². The summed E-state index contributed by atoms with van der Waals surface area (Å²) in [6.07, 6.45) is 1.23. The van der Waals surface area contributed by atoms with E-state index < -0.39 is 6.03 Å². The van der Waals surface area contributed by atoms with Crippen LogP contribution in [0.2, 0.25) is 0 Å². The fourth-order valence-electron chi connectivity index (χ4n) is 0.825. The van der Waals surface area contributed by atoms with Crippen LogP contribution < -0.4 is 11.1 Å². The van der Waals surface area contributed by atoms with Crippen LogP contribution in [0, 0.1) is 0 Å². The first kappa shape index (κ1) is 9.50. The second-order valence-corrected chi connectivity index (χ2v) is 2.48. The van der Waals surface area contributed by atoms with Crippen LogP contribution in [0.4, 0.5) is 4.79 Å². The van der Waals surface area contributed by atoms with Crippen molar-refractivity contribution in [2.75, 3.05) is 6.54 Å². The van der Waals surface area contributed by atoms with Gasteiger partial charge in [0.15, 0.2) is 0 Å². The Morgan fingerprint density at radius 1 is 1.54 bits per heavy atom. The molecule has 13 heavy (non-hydrogen) atoms. The predicted molar refractivity (Wildman–Crippen MR) is 45.0 cm³/mol. The minimum absolute atomic E-state index is 0.417.